The fourth-order valence-electron chi connectivity index (χ4n) is 12.5. The van der Waals surface area contributed by atoms with Gasteiger partial charge >= 0.3 is 5.97 Å². The van der Waals surface area contributed by atoms with Crippen molar-refractivity contribution < 1.29 is 15.0 Å². The van der Waals surface area contributed by atoms with E-state index in [4.69, 9.17) is 0 Å². The first kappa shape index (κ1) is 24.8. The van der Waals surface area contributed by atoms with E-state index in [0.717, 1.165) is 38.5 Å². The third-order valence-electron chi connectivity index (χ3n) is 13.2. The summed E-state index contributed by atoms with van der Waals surface area (Å²) in [4.78, 5) is 12.8. The highest BCUT2D eigenvalue weighted by Gasteiger charge is 2.73. The van der Waals surface area contributed by atoms with Crippen LogP contribution in [0.3, 0.4) is 0 Å². The van der Waals surface area contributed by atoms with Gasteiger partial charge in [-0.25, -0.2) is 0 Å². The molecule has 0 saturated heterocycles. The number of carbonyl (C=O) groups is 1. The molecule has 0 radical (unpaired) electrons. The minimum Gasteiger partial charge on any atom is -0.481 e. The Hall–Kier alpha value is -0.830. The zero-order valence-electron chi connectivity index (χ0n) is 22.9. The van der Waals surface area contributed by atoms with Gasteiger partial charge in [0.15, 0.2) is 0 Å². The van der Waals surface area contributed by atoms with Crippen molar-refractivity contribution in [1.82, 2.24) is 0 Å². The van der Waals surface area contributed by atoms with Gasteiger partial charge in [0.25, 0.3) is 0 Å². The van der Waals surface area contributed by atoms with Crippen molar-refractivity contribution in [3.63, 3.8) is 0 Å². The summed E-state index contributed by atoms with van der Waals surface area (Å²) in [6.07, 6.45) is 8.95. The van der Waals surface area contributed by atoms with Crippen LogP contribution in [0, 0.1) is 62.6 Å². The van der Waals surface area contributed by atoms with Crippen LogP contribution in [0.1, 0.15) is 106 Å². The summed E-state index contributed by atoms with van der Waals surface area (Å²) in [5, 5.41) is 22.4. The standard InChI is InChI=1S/C31H50O3/c1-18(2)20-11-12-31(26(33)34)14-13-29(7)21(24(20)31)9-10-23-28(6)16-19(3)15-27(4,5)25(28)22(32)17-30(23,29)8/h19-25,32H,1,9-17H2,2-8H3,(H,33,34). The predicted octanol–water partition coefficient (Wildman–Crippen LogP) is 7.34. The average Bonchev–Trinajstić information content (AvgIpc) is 3.08. The minimum atomic E-state index is -0.571. The molecule has 2 N–H and O–H groups in total. The summed E-state index contributed by atoms with van der Waals surface area (Å²) >= 11 is 0. The van der Waals surface area contributed by atoms with Crippen LogP contribution in [-0.4, -0.2) is 22.3 Å². The molecule has 0 spiro atoms. The number of hydrogen-bond acceptors (Lipinski definition) is 2. The van der Waals surface area contributed by atoms with Gasteiger partial charge in [-0.3, -0.25) is 4.79 Å². The summed E-state index contributed by atoms with van der Waals surface area (Å²) in [7, 11) is 0. The highest BCUT2D eigenvalue weighted by atomic mass is 16.4. The molecule has 5 aliphatic rings. The molecule has 0 heterocycles. The number of fused-ring (bicyclic) bond motifs is 7. The van der Waals surface area contributed by atoms with Crippen LogP contribution < -0.4 is 0 Å². The Morgan fingerprint density at radius 1 is 0.912 bits per heavy atom. The first-order chi connectivity index (χ1) is 15.6. The molecule has 0 aromatic rings. The monoisotopic (exact) mass is 470 g/mol. The molecule has 5 aliphatic carbocycles. The van der Waals surface area contributed by atoms with E-state index in [1.165, 1.54) is 24.8 Å². The topological polar surface area (TPSA) is 57.5 Å². The van der Waals surface area contributed by atoms with Crippen molar-refractivity contribution in [3.05, 3.63) is 12.2 Å². The maximum atomic E-state index is 12.8. The molecule has 0 aliphatic heterocycles. The molecule has 11 unspecified atom stereocenters. The number of carboxylic acid groups (broad SMARTS) is 1. The van der Waals surface area contributed by atoms with Gasteiger partial charge in [0.05, 0.1) is 11.5 Å². The van der Waals surface area contributed by atoms with Crippen LogP contribution in [-0.2, 0) is 4.79 Å². The molecule has 192 valence electrons. The van der Waals surface area contributed by atoms with Gasteiger partial charge in [-0.2, -0.15) is 0 Å². The van der Waals surface area contributed by atoms with Gasteiger partial charge < -0.3 is 10.2 Å². The summed E-state index contributed by atoms with van der Waals surface area (Å²) < 4.78 is 0. The molecule has 34 heavy (non-hydrogen) atoms. The van der Waals surface area contributed by atoms with Crippen molar-refractivity contribution in [2.45, 2.75) is 112 Å². The molecular weight excluding hydrogens is 420 g/mol. The summed E-state index contributed by atoms with van der Waals surface area (Å²) in [5.74, 6) is 2.00. The lowest BCUT2D eigenvalue weighted by molar-refractivity contribution is -0.268. The van der Waals surface area contributed by atoms with E-state index in [9.17, 15) is 15.0 Å². The minimum absolute atomic E-state index is 0.0423. The lowest BCUT2D eigenvalue weighted by Crippen LogP contribution is -2.69. The van der Waals surface area contributed by atoms with Crippen LogP contribution in [0.25, 0.3) is 0 Å². The van der Waals surface area contributed by atoms with Gasteiger partial charge in [0.1, 0.15) is 0 Å². The Morgan fingerprint density at radius 2 is 1.59 bits per heavy atom. The van der Waals surface area contributed by atoms with Crippen LogP contribution >= 0.6 is 0 Å². The number of aliphatic hydroxyl groups is 1. The molecule has 0 aromatic heterocycles. The van der Waals surface area contributed by atoms with Crippen molar-refractivity contribution >= 4 is 5.97 Å². The second-order valence-corrected chi connectivity index (χ2v) is 15.3. The Labute approximate surface area is 208 Å². The van der Waals surface area contributed by atoms with Crippen molar-refractivity contribution in [2.24, 2.45) is 62.6 Å². The second kappa shape index (κ2) is 7.36. The third-order valence-corrected chi connectivity index (χ3v) is 13.2. The molecule has 11 atom stereocenters. The van der Waals surface area contributed by atoms with Gasteiger partial charge in [-0.1, -0.05) is 53.7 Å². The van der Waals surface area contributed by atoms with E-state index >= 15 is 0 Å². The summed E-state index contributed by atoms with van der Waals surface area (Å²) in [6, 6.07) is 0. The molecule has 5 rings (SSSR count). The molecule has 3 nitrogen and oxygen atoms in total. The SMILES string of the molecule is C=C(C)C1CCC2(C(=O)O)CCC3(C)C(CCC4C5(C)CC(C)CC(C)(C)C5C(O)CC43C)C12. The van der Waals surface area contributed by atoms with Gasteiger partial charge in [0, 0.05) is 0 Å². The largest absolute Gasteiger partial charge is 0.481 e. The third kappa shape index (κ3) is 2.88. The number of allylic oxidation sites excluding steroid dienone is 1. The highest BCUT2D eigenvalue weighted by molar-refractivity contribution is 5.76. The zero-order chi connectivity index (χ0) is 25.1. The molecule has 0 bridgehead atoms. The molecule has 0 aromatic carbocycles. The smallest absolute Gasteiger partial charge is 0.309 e. The Bertz CT molecular complexity index is 891. The second-order valence-electron chi connectivity index (χ2n) is 15.3. The maximum Gasteiger partial charge on any atom is 0.309 e. The number of rotatable bonds is 2. The van der Waals surface area contributed by atoms with Crippen LogP contribution in [0.5, 0.6) is 0 Å². The summed E-state index contributed by atoms with van der Waals surface area (Å²) in [6.45, 7) is 21.3. The van der Waals surface area contributed by atoms with E-state index in [2.05, 4.69) is 55.0 Å². The molecule has 5 saturated carbocycles. The predicted molar refractivity (Wildman–Crippen MR) is 137 cm³/mol. The molecule has 3 heteroatoms. The molecule has 5 fully saturated rings. The lowest BCUT2D eigenvalue weighted by atomic mass is 9.31. The lowest BCUT2D eigenvalue weighted by Gasteiger charge is -2.73. The highest BCUT2D eigenvalue weighted by Crippen LogP contribution is 2.77. The maximum absolute atomic E-state index is 12.8. The van der Waals surface area contributed by atoms with Gasteiger partial charge in [0.2, 0.25) is 0 Å². The van der Waals surface area contributed by atoms with E-state index < -0.39 is 11.4 Å². The van der Waals surface area contributed by atoms with Crippen LogP contribution in [0.15, 0.2) is 12.2 Å². The first-order valence-corrected chi connectivity index (χ1v) is 14.2. The average molecular weight is 471 g/mol. The van der Waals surface area contributed by atoms with Crippen molar-refractivity contribution in [1.29, 1.82) is 0 Å². The fourth-order valence-corrected chi connectivity index (χ4v) is 12.5. The quantitative estimate of drug-likeness (QED) is 0.415. The van der Waals surface area contributed by atoms with E-state index in [1.807, 2.05) is 0 Å². The fraction of sp³-hybridized carbons (Fsp3) is 0.903. The molecular formula is C31H50O3. The van der Waals surface area contributed by atoms with Gasteiger partial charge in [-0.05, 0) is 122 Å². The van der Waals surface area contributed by atoms with Gasteiger partial charge in [-0.15, -0.1) is 0 Å². The van der Waals surface area contributed by atoms with Crippen LogP contribution in [0.4, 0.5) is 0 Å². The molecule has 0 amide bonds. The number of aliphatic carboxylic acids is 1. The van der Waals surface area contributed by atoms with E-state index in [0.29, 0.717) is 29.6 Å². The van der Waals surface area contributed by atoms with E-state index in [1.54, 1.807) is 0 Å². The number of aliphatic hydroxyl groups excluding tert-OH is 1. The Morgan fingerprint density at radius 3 is 2.21 bits per heavy atom. The normalized spacial score (nSPS) is 55.9. The number of hydrogen-bond donors (Lipinski definition) is 2. The van der Waals surface area contributed by atoms with Crippen molar-refractivity contribution in [2.75, 3.05) is 0 Å². The van der Waals surface area contributed by atoms with Crippen molar-refractivity contribution in [3.8, 4) is 0 Å². The number of carboxylic acids is 1. The first-order valence-electron chi connectivity index (χ1n) is 14.2. The zero-order valence-corrected chi connectivity index (χ0v) is 22.9. The van der Waals surface area contributed by atoms with E-state index in [-0.39, 0.29) is 33.7 Å². The Kier molecular flexibility index (Phi) is 5.38. The van der Waals surface area contributed by atoms with Crippen LogP contribution in [0.2, 0.25) is 0 Å². The Balaban J connectivity index is 1.60. The summed E-state index contributed by atoms with van der Waals surface area (Å²) in [5.41, 5.74) is 1.03.